The number of nitrogens with one attached hydrogen (secondary N) is 1. The van der Waals surface area contributed by atoms with Gasteiger partial charge < -0.3 is 5.32 Å². The van der Waals surface area contributed by atoms with Crippen LogP contribution in [-0.2, 0) is 15.1 Å². The van der Waals surface area contributed by atoms with E-state index in [2.05, 4.69) is 5.32 Å². The summed E-state index contributed by atoms with van der Waals surface area (Å²) in [6.45, 7) is 0.728. The number of fused-ring (bicyclic) bond motifs is 1. The maximum Gasteiger partial charge on any atom is 0.362 e. The van der Waals surface area contributed by atoms with Gasteiger partial charge in [-0.25, -0.2) is 4.31 Å². The molecule has 2 saturated heterocycles. The Kier molecular flexibility index (Phi) is 1.83. The molecule has 2 aliphatic rings. The second-order valence-corrected chi connectivity index (χ2v) is 4.54. The highest BCUT2D eigenvalue weighted by atomic mass is 32.2. The molecule has 7 heteroatoms. The van der Waals surface area contributed by atoms with Gasteiger partial charge in [0.1, 0.15) is 6.04 Å². The molecule has 2 aliphatic heterocycles. The highest BCUT2D eigenvalue weighted by molar-refractivity contribution is 7.84. The normalized spacial score (nSPS) is 33.9. The molecule has 13 heavy (non-hydrogen) atoms. The lowest BCUT2D eigenvalue weighted by atomic mass is 9.91. The van der Waals surface area contributed by atoms with Crippen LogP contribution in [0.4, 0.5) is 0 Å². The van der Waals surface area contributed by atoms with Gasteiger partial charge >= 0.3 is 10.3 Å². The minimum atomic E-state index is -4.34. The molecule has 0 aromatic carbocycles. The van der Waals surface area contributed by atoms with Crippen LogP contribution >= 0.6 is 0 Å². The van der Waals surface area contributed by atoms with Crippen LogP contribution in [-0.4, -0.2) is 41.8 Å². The van der Waals surface area contributed by atoms with Crippen molar-refractivity contribution in [3.63, 3.8) is 0 Å². The van der Waals surface area contributed by atoms with Crippen molar-refractivity contribution in [3.05, 3.63) is 0 Å². The van der Waals surface area contributed by atoms with Crippen molar-refractivity contribution >= 4 is 16.2 Å². The molecule has 74 valence electrons. The molecule has 2 fully saturated rings. The zero-order valence-corrected chi connectivity index (χ0v) is 7.62. The Balaban J connectivity index is 2.21. The van der Waals surface area contributed by atoms with E-state index in [1.165, 1.54) is 0 Å². The Morgan fingerprint density at radius 1 is 1.54 bits per heavy atom. The van der Waals surface area contributed by atoms with E-state index in [-0.39, 0.29) is 6.04 Å². The molecule has 2 N–H and O–H groups in total. The van der Waals surface area contributed by atoms with Gasteiger partial charge in [-0.3, -0.25) is 9.35 Å². The van der Waals surface area contributed by atoms with Crippen LogP contribution in [0, 0.1) is 0 Å². The van der Waals surface area contributed by atoms with Crippen molar-refractivity contribution < 1.29 is 17.8 Å². The highest BCUT2D eigenvalue weighted by Gasteiger charge is 2.53. The molecule has 0 saturated carbocycles. The lowest BCUT2D eigenvalue weighted by Gasteiger charge is -2.47. The first-order valence-corrected chi connectivity index (χ1v) is 5.45. The van der Waals surface area contributed by atoms with E-state index in [9.17, 15) is 13.2 Å². The summed E-state index contributed by atoms with van der Waals surface area (Å²) in [7, 11) is -4.34. The highest BCUT2D eigenvalue weighted by Crippen LogP contribution is 2.29. The van der Waals surface area contributed by atoms with Gasteiger partial charge in [0.15, 0.2) is 0 Å². The summed E-state index contributed by atoms with van der Waals surface area (Å²) in [6.07, 6.45) is 1.45. The maximum absolute atomic E-state index is 11.2. The average molecular weight is 206 g/mol. The number of carbonyl (C=O) groups excluding carboxylic acids is 1. The van der Waals surface area contributed by atoms with Crippen LogP contribution in [0.25, 0.3) is 0 Å². The molecule has 0 spiro atoms. The first-order chi connectivity index (χ1) is 6.02. The molecular weight excluding hydrogens is 196 g/mol. The van der Waals surface area contributed by atoms with Gasteiger partial charge in [0, 0.05) is 0 Å². The van der Waals surface area contributed by atoms with E-state index in [4.69, 9.17) is 4.55 Å². The van der Waals surface area contributed by atoms with Crippen LogP contribution in [0.3, 0.4) is 0 Å². The van der Waals surface area contributed by atoms with E-state index >= 15 is 0 Å². The molecular formula is C6H10N2O4S. The fraction of sp³-hybridized carbons (Fsp3) is 0.833. The summed E-state index contributed by atoms with van der Waals surface area (Å²) in [4.78, 5) is 11.2. The standard InChI is InChI=1S/C6H10N2O4S/c9-6-5-4(2-1-3-7-5)8(6)13(10,11)12/h4-5,7H,1-3H2,(H,10,11,12). The van der Waals surface area contributed by atoms with Crippen LogP contribution in [0.2, 0.25) is 0 Å². The van der Waals surface area contributed by atoms with Crippen LogP contribution in [0.1, 0.15) is 12.8 Å². The number of hydrogen-bond donors (Lipinski definition) is 2. The molecule has 6 nitrogen and oxygen atoms in total. The molecule has 2 unspecified atom stereocenters. The largest absolute Gasteiger partial charge is 0.362 e. The lowest BCUT2D eigenvalue weighted by molar-refractivity contribution is -0.144. The summed E-state index contributed by atoms with van der Waals surface area (Å²) in [5.41, 5.74) is 0. The third-order valence-corrected chi connectivity index (χ3v) is 3.41. The van der Waals surface area contributed by atoms with Crippen molar-refractivity contribution in [1.29, 1.82) is 0 Å². The van der Waals surface area contributed by atoms with Gasteiger partial charge in [0.25, 0.3) is 5.91 Å². The van der Waals surface area contributed by atoms with Crippen molar-refractivity contribution in [2.45, 2.75) is 24.9 Å². The number of amides is 1. The van der Waals surface area contributed by atoms with Gasteiger partial charge in [0.05, 0.1) is 6.04 Å². The molecule has 2 atom stereocenters. The zero-order valence-electron chi connectivity index (χ0n) is 6.80. The van der Waals surface area contributed by atoms with Crippen molar-refractivity contribution in [2.24, 2.45) is 0 Å². The number of hydrogen-bond acceptors (Lipinski definition) is 4. The molecule has 0 aromatic rings. The first-order valence-electron chi connectivity index (χ1n) is 4.06. The smallest absolute Gasteiger partial charge is 0.304 e. The van der Waals surface area contributed by atoms with Gasteiger partial charge in [-0.05, 0) is 19.4 Å². The van der Waals surface area contributed by atoms with Gasteiger partial charge in [-0.15, -0.1) is 0 Å². The predicted molar refractivity (Wildman–Crippen MR) is 43.2 cm³/mol. The summed E-state index contributed by atoms with van der Waals surface area (Å²) in [6, 6.07) is -0.785. The molecule has 0 bridgehead atoms. The fourth-order valence-electron chi connectivity index (χ4n) is 1.88. The minimum absolute atomic E-state index is 0.378. The Morgan fingerprint density at radius 3 is 2.85 bits per heavy atom. The van der Waals surface area contributed by atoms with E-state index < -0.39 is 22.3 Å². The average Bonchev–Trinajstić information content (AvgIpc) is 2.00. The van der Waals surface area contributed by atoms with Gasteiger partial charge in [-0.2, -0.15) is 8.42 Å². The Morgan fingerprint density at radius 2 is 2.23 bits per heavy atom. The molecule has 1 amide bonds. The summed E-state index contributed by atoms with van der Waals surface area (Å²) in [5.74, 6) is -0.549. The van der Waals surface area contributed by atoms with Gasteiger partial charge in [-0.1, -0.05) is 0 Å². The monoisotopic (exact) mass is 206 g/mol. The first kappa shape index (κ1) is 8.92. The summed E-state index contributed by atoms with van der Waals surface area (Å²) in [5, 5.41) is 2.90. The third kappa shape index (κ3) is 1.23. The molecule has 2 heterocycles. The fourth-order valence-corrected chi connectivity index (χ4v) is 2.79. The van der Waals surface area contributed by atoms with Crippen molar-refractivity contribution in [2.75, 3.05) is 6.54 Å². The third-order valence-electron chi connectivity index (χ3n) is 2.46. The second-order valence-electron chi connectivity index (χ2n) is 3.25. The minimum Gasteiger partial charge on any atom is -0.304 e. The van der Waals surface area contributed by atoms with E-state index in [0.717, 1.165) is 13.0 Å². The molecule has 2 rings (SSSR count). The molecule has 0 aliphatic carbocycles. The number of piperidine rings is 1. The second kappa shape index (κ2) is 2.66. The summed E-state index contributed by atoms with van der Waals surface area (Å²) < 4.78 is 30.7. The number of carbonyl (C=O) groups is 1. The Labute approximate surface area is 75.8 Å². The zero-order chi connectivity index (χ0) is 9.64. The molecule has 0 radical (unpaired) electrons. The summed E-state index contributed by atoms with van der Waals surface area (Å²) >= 11 is 0. The van der Waals surface area contributed by atoms with Crippen molar-refractivity contribution in [1.82, 2.24) is 9.62 Å². The van der Waals surface area contributed by atoms with Crippen LogP contribution < -0.4 is 5.32 Å². The quantitative estimate of drug-likeness (QED) is 0.413. The topological polar surface area (TPSA) is 86.7 Å². The Bertz CT molecular complexity index is 339. The predicted octanol–water partition coefficient (Wildman–Crippen LogP) is -1.25. The number of nitrogens with zero attached hydrogens (tertiary/aromatic N) is 1. The molecule has 0 aromatic heterocycles. The maximum atomic E-state index is 11.2. The van der Waals surface area contributed by atoms with Crippen LogP contribution in [0.5, 0.6) is 0 Å². The SMILES string of the molecule is O=C1C2NCCCC2N1S(=O)(=O)O. The van der Waals surface area contributed by atoms with Crippen molar-refractivity contribution in [3.8, 4) is 0 Å². The number of rotatable bonds is 1. The van der Waals surface area contributed by atoms with Gasteiger partial charge in [0.2, 0.25) is 0 Å². The van der Waals surface area contributed by atoms with E-state index in [0.29, 0.717) is 10.7 Å². The Hall–Kier alpha value is -0.660. The van der Waals surface area contributed by atoms with Crippen LogP contribution in [0.15, 0.2) is 0 Å². The number of β-lactam (4-membered cyclic amide) rings is 1. The van der Waals surface area contributed by atoms with E-state index in [1.54, 1.807) is 0 Å². The van der Waals surface area contributed by atoms with E-state index in [1.807, 2.05) is 0 Å². The lowest BCUT2D eigenvalue weighted by Crippen LogP contribution is -2.72.